The van der Waals surface area contributed by atoms with Gasteiger partial charge in [-0.3, -0.25) is 9.59 Å². The third kappa shape index (κ3) is 55.4. The van der Waals surface area contributed by atoms with E-state index in [9.17, 15) is 19.8 Å². The first-order valence-corrected chi connectivity index (χ1v) is 31.3. The van der Waals surface area contributed by atoms with Gasteiger partial charge in [-0.05, 0) is 83.5 Å². The lowest BCUT2D eigenvalue weighted by atomic mass is 10.0. The highest BCUT2D eigenvalue weighted by molar-refractivity contribution is 5.76. The van der Waals surface area contributed by atoms with Crippen LogP contribution in [-0.2, 0) is 14.3 Å². The fraction of sp³-hybridized carbons (Fsp3) is 0.875. The van der Waals surface area contributed by atoms with Crippen molar-refractivity contribution in [3.05, 3.63) is 36.5 Å². The average Bonchev–Trinajstić information content (AvgIpc) is 3.36. The van der Waals surface area contributed by atoms with Crippen LogP contribution in [0.4, 0.5) is 0 Å². The van der Waals surface area contributed by atoms with E-state index >= 15 is 0 Å². The molecule has 0 aliphatic heterocycles. The van der Waals surface area contributed by atoms with Crippen LogP contribution < -0.4 is 5.32 Å². The molecule has 0 spiro atoms. The number of esters is 1. The molecule has 70 heavy (non-hydrogen) atoms. The molecule has 0 aromatic rings. The van der Waals surface area contributed by atoms with E-state index in [2.05, 4.69) is 43.5 Å². The van der Waals surface area contributed by atoms with Gasteiger partial charge in [-0.25, -0.2) is 0 Å². The Bertz CT molecular complexity index is 1130. The zero-order chi connectivity index (χ0) is 50.7. The van der Waals surface area contributed by atoms with Crippen LogP contribution in [-0.4, -0.2) is 47.4 Å². The maximum atomic E-state index is 12.5. The van der Waals surface area contributed by atoms with Crippen molar-refractivity contribution in [3.63, 3.8) is 0 Å². The van der Waals surface area contributed by atoms with E-state index in [0.29, 0.717) is 19.4 Å². The summed E-state index contributed by atoms with van der Waals surface area (Å²) in [5.41, 5.74) is 0. The minimum atomic E-state index is -0.851. The van der Waals surface area contributed by atoms with E-state index in [1.54, 1.807) is 6.08 Å². The van der Waals surface area contributed by atoms with Crippen molar-refractivity contribution in [3.8, 4) is 0 Å². The Morgan fingerprint density at radius 1 is 0.386 bits per heavy atom. The highest BCUT2D eigenvalue weighted by Crippen LogP contribution is 2.17. The average molecular weight is 985 g/mol. The van der Waals surface area contributed by atoms with Gasteiger partial charge in [-0.15, -0.1) is 0 Å². The van der Waals surface area contributed by atoms with Crippen LogP contribution in [0.2, 0.25) is 0 Å². The van der Waals surface area contributed by atoms with Gasteiger partial charge in [-0.2, -0.15) is 0 Å². The first-order valence-electron chi connectivity index (χ1n) is 31.3. The first-order chi connectivity index (χ1) is 34.5. The largest absolute Gasteiger partial charge is 0.466 e. The normalized spacial score (nSPS) is 12.8. The molecule has 0 rings (SSSR count). The van der Waals surface area contributed by atoms with Gasteiger partial charge in [0, 0.05) is 12.8 Å². The summed E-state index contributed by atoms with van der Waals surface area (Å²) in [5, 5.41) is 23.2. The number of carbonyl (C=O) groups excluding carboxylic acids is 2. The number of ether oxygens (including phenoxy) is 1. The molecule has 0 aromatic heterocycles. The van der Waals surface area contributed by atoms with Gasteiger partial charge in [0.05, 0.1) is 25.4 Å². The van der Waals surface area contributed by atoms with Gasteiger partial charge in [0.15, 0.2) is 0 Å². The van der Waals surface area contributed by atoms with Gasteiger partial charge in [0.1, 0.15) is 0 Å². The van der Waals surface area contributed by atoms with Crippen LogP contribution in [0.5, 0.6) is 0 Å². The molecule has 0 saturated heterocycles. The number of hydrogen-bond donors (Lipinski definition) is 3. The molecule has 1 amide bonds. The predicted octanol–water partition coefficient (Wildman–Crippen LogP) is 19.6. The summed E-state index contributed by atoms with van der Waals surface area (Å²) in [6.45, 7) is 4.90. The van der Waals surface area contributed by atoms with E-state index in [4.69, 9.17) is 4.74 Å². The van der Waals surface area contributed by atoms with Crippen LogP contribution in [0.25, 0.3) is 0 Å². The first kappa shape index (κ1) is 68.1. The quantitative estimate of drug-likeness (QED) is 0.0321. The number of nitrogens with one attached hydrogen (secondary N) is 1. The van der Waals surface area contributed by atoms with Gasteiger partial charge in [0.25, 0.3) is 0 Å². The van der Waals surface area contributed by atoms with E-state index in [1.165, 1.54) is 257 Å². The molecule has 0 radical (unpaired) electrons. The summed E-state index contributed by atoms with van der Waals surface area (Å²) in [7, 11) is 0. The van der Waals surface area contributed by atoms with Crippen molar-refractivity contribution in [1.29, 1.82) is 0 Å². The minimum absolute atomic E-state index is 0.00174. The Morgan fingerprint density at radius 3 is 1.01 bits per heavy atom. The third-order valence-corrected chi connectivity index (χ3v) is 14.4. The van der Waals surface area contributed by atoms with Gasteiger partial charge < -0.3 is 20.3 Å². The molecule has 2 atom stereocenters. The molecule has 0 aliphatic carbocycles. The molecular weight excluding hydrogens is 863 g/mol. The smallest absolute Gasteiger partial charge is 0.305 e. The van der Waals surface area contributed by atoms with Crippen molar-refractivity contribution >= 4 is 11.9 Å². The molecule has 0 aliphatic rings. The lowest BCUT2D eigenvalue weighted by Gasteiger charge is -2.20. The number of allylic oxidation sites excluding steroid dienone is 5. The van der Waals surface area contributed by atoms with Crippen LogP contribution in [0.3, 0.4) is 0 Å². The van der Waals surface area contributed by atoms with Crippen molar-refractivity contribution in [2.45, 2.75) is 347 Å². The molecule has 6 nitrogen and oxygen atoms in total. The number of aliphatic hydroxyl groups excluding tert-OH is 2. The van der Waals surface area contributed by atoms with Gasteiger partial charge in [0.2, 0.25) is 5.91 Å². The second kappa shape index (κ2) is 59.6. The second-order valence-electron chi connectivity index (χ2n) is 21.4. The molecular formula is C64H121NO5. The number of unbranched alkanes of at least 4 members (excludes halogenated alkanes) is 43. The van der Waals surface area contributed by atoms with Crippen molar-refractivity contribution in [2.24, 2.45) is 0 Å². The highest BCUT2D eigenvalue weighted by atomic mass is 16.5. The monoisotopic (exact) mass is 984 g/mol. The Labute approximate surface area is 436 Å². The Hall–Kier alpha value is -1.92. The Kier molecular flexibility index (Phi) is 58.0. The number of hydrogen-bond acceptors (Lipinski definition) is 5. The maximum absolute atomic E-state index is 12.5. The van der Waals surface area contributed by atoms with Crippen LogP contribution in [0.1, 0.15) is 335 Å². The Morgan fingerprint density at radius 2 is 0.671 bits per heavy atom. The van der Waals surface area contributed by atoms with E-state index < -0.39 is 12.1 Å². The molecule has 3 N–H and O–H groups in total. The molecule has 2 unspecified atom stereocenters. The summed E-state index contributed by atoms with van der Waals surface area (Å²) in [6.07, 6.45) is 74.6. The van der Waals surface area contributed by atoms with Crippen LogP contribution >= 0.6 is 0 Å². The number of carbonyl (C=O) groups is 2. The van der Waals surface area contributed by atoms with Crippen LogP contribution in [0.15, 0.2) is 36.5 Å². The van der Waals surface area contributed by atoms with Crippen molar-refractivity contribution < 1.29 is 24.5 Å². The molecule has 0 bridgehead atoms. The molecule has 0 heterocycles. The van der Waals surface area contributed by atoms with E-state index in [1.807, 2.05) is 6.08 Å². The SMILES string of the molecule is CCCCCCCCC/C=C\CCCCCCCC(=O)OCCCCCCCCCCC/C=C\CCCCCCCCCC(=O)NC(CO)C(O)/C=C/CCCCCCCCCCCCCCCCC. The van der Waals surface area contributed by atoms with Crippen molar-refractivity contribution in [2.75, 3.05) is 13.2 Å². The molecule has 0 aromatic carbocycles. The topological polar surface area (TPSA) is 95.9 Å². The van der Waals surface area contributed by atoms with Gasteiger partial charge in [-0.1, -0.05) is 275 Å². The summed E-state index contributed by atoms with van der Waals surface area (Å²) in [4.78, 5) is 24.5. The number of rotatable bonds is 58. The zero-order valence-corrected chi connectivity index (χ0v) is 47.0. The van der Waals surface area contributed by atoms with E-state index in [-0.39, 0.29) is 18.5 Å². The zero-order valence-electron chi connectivity index (χ0n) is 47.0. The number of aliphatic hydroxyl groups is 2. The highest BCUT2D eigenvalue weighted by Gasteiger charge is 2.18. The van der Waals surface area contributed by atoms with Crippen LogP contribution in [0, 0.1) is 0 Å². The second-order valence-corrected chi connectivity index (χ2v) is 21.4. The molecule has 0 saturated carbocycles. The summed E-state index contributed by atoms with van der Waals surface area (Å²) in [6, 6.07) is -0.635. The van der Waals surface area contributed by atoms with Crippen molar-refractivity contribution in [1.82, 2.24) is 5.32 Å². The fourth-order valence-corrected chi connectivity index (χ4v) is 9.57. The minimum Gasteiger partial charge on any atom is -0.466 e. The molecule has 412 valence electrons. The predicted molar refractivity (Wildman–Crippen MR) is 306 cm³/mol. The summed E-state index contributed by atoms with van der Waals surface area (Å²) in [5.74, 6) is -0.0769. The Balaban J connectivity index is 3.46. The van der Waals surface area contributed by atoms with Gasteiger partial charge >= 0.3 is 5.97 Å². The standard InChI is InChI=1S/C64H121NO5/c1-3-5-7-9-11-13-15-17-19-25-28-32-36-40-44-48-52-56-62(67)61(60-66)65-63(68)57-53-49-45-41-37-33-29-26-23-21-22-24-27-31-35-39-43-47-51-55-59-70-64(69)58-54-50-46-42-38-34-30-20-18-16-14-12-10-8-6-4-2/h20-21,23,30,52,56,61-62,66-67H,3-19,22,24-29,31-51,53-55,57-60H2,1-2H3,(H,65,68)/b23-21-,30-20-,56-52+. The molecule has 6 heteroatoms. The lowest BCUT2D eigenvalue weighted by molar-refractivity contribution is -0.143. The lowest BCUT2D eigenvalue weighted by Crippen LogP contribution is -2.45. The summed E-state index contributed by atoms with van der Waals surface area (Å²) >= 11 is 0. The maximum Gasteiger partial charge on any atom is 0.305 e. The molecule has 0 fully saturated rings. The number of amides is 1. The third-order valence-electron chi connectivity index (χ3n) is 14.4. The van der Waals surface area contributed by atoms with E-state index in [0.717, 1.165) is 51.4 Å². The summed E-state index contributed by atoms with van der Waals surface area (Å²) < 4.78 is 5.48. The fourth-order valence-electron chi connectivity index (χ4n) is 9.57.